The van der Waals surface area contributed by atoms with E-state index in [0.717, 1.165) is 16.7 Å². The van der Waals surface area contributed by atoms with E-state index in [9.17, 15) is 9.90 Å². The third-order valence-electron chi connectivity index (χ3n) is 8.15. The van der Waals surface area contributed by atoms with E-state index < -0.39 is 30.0 Å². The predicted octanol–water partition coefficient (Wildman–Crippen LogP) is 5.50. The summed E-state index contributed by atoms with van der Waals surface area (Å²) in [5.74, 6) is -0.0617. The number of aliphatic hydroxyl groups is 1. The molecule has 0 bridgehead atoms. The number of fused-ring (bicyclic) bond motifs is 1. The van der Waals surface area contributed by atoms with Gasteiger partial charge in [0.05, 0.1) is 31.5 Å². The van der Waals surface area contributed by atoms with Crippen molar-refractivity contribution in [1.29, 1.82) is 0 Å². The molecule has 0 radical (unpaired) electrons. The van der Waals surface area contributed by atoms with Gasteiger partial charge in [0.25, 0.3) is 0 Å². The topological polar surface area (TPSA) is 111 Å². The molecule has 5 aromatic rings. The van der Waals surface area contributed by atoms with E-state index in [1.54, 1.807) is 17.3 Å². The lowest BCUT2D eigenvalue weighted by Gasteiger charge is -2.37. The van der Waals surface area contributed by atoms with Gasteiger partial charge in [-0.1, -0.05) is 91.0 Å². The smallest absolute Gasteiger partial charge is 0.330 e. The highest BCUT2D eigenvalue weighted by molar-refractivity contribution is 5.98. The van der Waals surface area contributed by atoms with Gasteiger partial charge in [-0.2, -0.15) is 0 Å². The number of aromatic nitrogens is 3. The molecule has 0 amide bonds. The molecule has 3 aromatic carbocycles. The van der Waals surface area contributed by atoms with E-state index in [1.165, 1.54) is 19.5 Å². The average molecular weight is 632 g/mol. The summed E-state index contributed by atoms with van der Waals surface area (Å²) in [6.07, 6.45) is 6.16. The van der Waals surface area contributed by atoms with E-state index in [-0.39, 0.29) is 6.61 Å². The lowest BCUT2D eigenvalue weighted by atomic mass is 9.80. The number of carbonyl (C=O) groups is 1. The number of aliphatic hydroxyl groups excluding tert-OH is 1. The molecule has 10 nitrogen and oxygen atoms in total. The highest BCUT2D eigenvalue weighted by Crippen LogP contribution is 2.42. The first-order chi connectivity index (χ1) is 22.9. The molecule has 47 heavy (non-hydrogen) atoms. The van der Waals surface area contributed by atoms with Crippen molar-refractivity contribution in [1.82, 2.24) is 19.4 Å². The van der Waals surface area contributed by atoms with Crippen LogP contribution in [0.3, 0.4) is 0 Å². The fourth-order valence-corrected chi connectivity index (χ4v) is 5.95. The highest BCUT2D eigenvalue weighted by Gasteiger charge is 2.42. The van der Waals surface area contributed by atoms with E-state index in [2.05, 4.69) is 51.4 Å². The summed E-state index contributed by atoms with van der Waals surface area (Å²) in [5.41, 5.74) is 3.14. The zero-order valence-electron chi connectivity index (χ0n) is 26.5. The van der Waals surface area contributed by atoms with Crippen LogP contribution in [-0.4, -0.2) is 76.9 Å². The molecular formula is C37H37N5O5. The Balaban J connectivity index is 1.35. The van der Waals surface area contributed by atoms with Gasteiger partial charge in [-0.15, -0.1) is 0 Å². The molecule has 240 valence electrons. The number of hydrogen-bond acceptors (Lipinski definition) is 8. The van der Waals surface area contributed by atoms with Crippen LogP contribution in [0.4, 0.5) is 5.82 Å². The molecule has 1 aliphatic rings. The summed E-state index contributed by atoms with van der Waals surface area (Å²) in [6.45, 7) is 0.109. The van der Waals surface area contributed by atoms with E-state index in [1.807, 2.05) is 79.5 Å². The first-order valence-corrected chi connectivity index (χ1v) is 15.4. The molecule has 0 spiro atoms. The van der Waals surface area contributed by atoms with Crippen LogP contribution in [0.15, 0.2) is 115 Å². The summed E-state index contributed by atoms with van der Waals surface area (Å²) in [4.78, 5) is 27.3. The van der Waals surface area contributed by atoms with E-state index in [0.29, 0.717) is 28.8 Å². The molecule has 1 N–H and O–H groups in total. The standard InChI is InChI=1S/C37H37N5O5/c1-41(2)25-40-35-34-26(19-20-33(44)45-3)22-42(36(34)39-24-38-35)32-21-30(43)31(47-32)23-46-37(27-13-7-4-8-14-27,28-15-9-5-10-16-28)29-17-11-6-12-18-29/h4-20,22,24-25,30-32,43H,21,23H2,1-3H3/b20-19+,40-25+/t30-,31+,32+/m0/s1. The largest absolute Gasteiger partial charge is 0.466 e. The molecular weight excluding hydrogens is 594 g/mol. The Morgan fingerprint density at radius 2 is 1.60 bits per heavy atom. The first-order valence-electron chi connectivity index (χ1n) is 15.4. The third kappa shape index (κ3) is 6.57. The van der Waals surface area contributed by atoms with Crippen LogP contribution in [-0.2, 0) is 24.6 Å². The van der Waals surface area contributed by atoms with Crippen molar-refractivity contribution in [3.63, 3.8) is 0 Å². The summed E-state index contributed by atoms with van der Waals surface area (Å²) in [6, 6.07) is 30.3. The van der Waals surface area contributed by atoms with Crippen LogP contribution in [0.5, 0.6) is 0 Å². The summed E-state index contributed by atoms with van der Waals surface area (Å²) < 4.78 is 20.2. The monoisotopic (exact) mass is 631 g/mol. The molecule has 1 fully saturated rings. The summed E-state index contributed by atoms with van der Waals surface area (Å²) in [7, 11) is 5.05. The number of carbonyl (C=O) groups excluding carboxylic acids is 1. The molecule has 0 unspecified atom stereocenters. The molecule has 1 saturated heterocycles. The van der Waals surface area contributed by atoms with Crippen LogP contribution >= 0.6 is 0 Å². The molecule has 0 aliphatic carbocycles. The molecule has 3 heterocycles. The van der Waals surface area contributed by atoms with Crippen molar-refractivity contribution in [2.24, 2.45) is 4.99 Å². The van der Waals surface area contributed by atoms with Gasteiger partial charge in [-0.05, 0) is 22.8 Å². The van der Waals surface area contributed by atoms with E-state index >= 15 is 0 Å². The maximum atomic E-state index is 12.0. The highest BCUT2D eigenvalue weighted by atomic mass is 16.6. The molecule has 3 atom stereocenters. The second-order valence-corrected chi connectivity index (χ2v) is 11.5. The Hall–Kier alpha value is -5.16. The fourth-order valence-electron chi connectivity index (χ4n) is 5.95. The number of benzene rings is 3. The maximum Gasteiger partial charge on any atom is 0.330 e. The van der Waals surface area contributed by atoms with Crippen LogP contribution in [0.2, 0.25) is 0 Å². The van der Waals surface area contributed by atoms with Gasteiger partial charge in [0.2, 0.25) is 0 Å². The Morgan fingerprint density at radius 1 is 1.00 bits per heavy atom. The zero-order chi connectivity index (χ0) is 32.8. The van der Waals surface area contributed by atoms with Crippen LogP contribution < -0.4 is 0 Å². The SMILES string of the molecule is COC(=O)/C=C/c1cn([C@H]2C[C@H](O)[C@@H](COC(c3ccccc3)(c3ccccc3)c3ccccc3)O2)c2ncnc(/N=C/N(C)C)c12. The second kappa shape index (κ2) is 14.1. The molecule has 10 heteroatoms. The Bertz CT molecular complexity index is 1760. The summed E-state index contributed by atoms with van der Waals surface area (Å²) >= 11 is 0. The van der Waals surface area contributed by atoms with Gasteiger partial charge in [0.15, 0.2) is 5.82 Å². The Morgan fingerprint density at radius 3 is 2.15 bits per heavy atom. The maximum absolute atomic E-state index is 12.0. The second-order valence-electron chi connectivity index (χ2n) is 11.5. The third-order valence-corrected chi connectivity index (χ3v) is 8.15. The number of esters is 1. The minimum Gasteiger partial charge on any atom is -0.466 e. The van der Waals surface area contributed by atoms with Crippen LogP contribution in [0.1, 0.15) is 34.9 Å². The van der Waals surface area contributed by atoms with Crippen molar-refractivity contribution in [2.45, 2.75) is 30.5 Å². The van der Waals surface area contributed by atoms with Crippen molar-refractivity contribution in [2.75, 3.05) is 27.8 Å². The Labute approximate surface area is 273 Å². The molecule has 2 aromatic heterocycles. The number of methoxy groups -OCH3 is 1. The van der Waals surface area contributed by atoms with Crippen LogP contribution in [0, 0.1) is 0 Å². The zero-order valence-corrected chi connectivity index (χ0v) is 26.5. The fraction of sp³-hybridized carbons (Fsp3) is 0.243. The van der Waals surface area contributed by atoms with Gasteiger partial charge >= 0.3 is 5.97 Å². The number of ether oxygens (including phenoxy) is 3. The van der Waals surface area contributed by atoms with Crippen molar-refractivity contribution < 1.29 is 24.1 Å². The number of aliphatic imine (C=N–C) groups is 1. The predicted molar refractivity (Wildman–Crippen MR) is 180 cm³/mol. The lowest BCUT2D eigenvalue weighted by molar-refractivity contribution is -0.134. The van der Waals surface area contributed by atoms with Crippen molar-refractivity contribution >= 4 is 35.2 Å². The van der Waals surface area contributed by atoms with Crippen molar-refractivity contribution in [3.05, 3.63) is 132 Å². The number of nitrogens with zero attached hydrogens (tertiary/aromatic N) is 5. The molecule has 1 aliphatic heterocycles. The first kappa shape index (κ1) is 31.8. The minimum absolute atomic E-state index is 0.109. The quantitative estimate of drug-likeness (QED) is 0.0670. The van der Waals surface area contributed by atoms with Crippen molar-refractivity contribution in [3.8, 4) is 0 Å². The van der Waals surface area contributed by atoms with Gasteiger partial charge in [0.1, 0.15) is 29.9 Å². The minimum atomic E-state index is -0.955. The lowest BCUT2D eigenvalue weighted by Crippen LogP contribution is -2.38. The van der Waals surface area contributed by atoms with Gasteiger partial charge < -0.3 is 28.8 Å². The number of hydrogen-bond donors (Lipinski definition) is 1. The summed E-state index contributed by atoms with van der Waals surface area (Å²) in [5, 5.41) is 12.0. The van der Waals surface area contributed by atoms with Gasteiger partial charge in [0, 0.05) is 38.4 Å². The normalized spacial score (nSPS) is 18.3. The molecule has 6 rings (SSSR count). The average Bonchev–Trinajstić information content (AvgIpc) is 3.68. The van der Waals surface area contributed by atoms with Crippen LogP contribution in [0.25, 0.3) is 17.1 Å². The molecule has 0 saturated carbocycles. The number of rotatable bonds is 11. The van der Waals surface area contributed by atoms with Gasteiger partial charge in [-0.25, -0.2) is 19.8 Å². The Kier molecular flexibility index (Phi) is 9.53. The van der Waals surface area contributed by atoms with Gasteiger partial charge in [-0.3, -0.25) is 0 Å². The van der Waals surface area contributed by atoms with E-state index in [4.69, 9.17) is 14.2 Å².